The third-order valence-corrected chi connectivity index (χ3v) is 9.28. The minimum atomic E-state index is -0.113. The molecule has 7 rings (SSSR count). The van der Waals surface area contributed by atoms with Crippen LogP contribution in [0.3, 0.4) is 0 Å². The van der Waals surface area contributed by atoms with Crippen molar-refractivity contribution < 1.29 is 9.90 Å². The zero-order valence-electron chi connectivity index (χ0n) is 18.8. The number of piperazine rings is 1. The standard InChI is InChI=1S/C28H34N2O2/c31-26(30-13-11-29(12-14-30)25-9-5-2-6-10-25)19-28(22-7-3-1-4-8-22)23-15-20-16-24(28)18-21(17-23)27(20)32/h1-10,20-21,23-24,27,32H,11-19H2. The third kappa shape index (κ3) is 3.18. The zero-order valence-corrected chi connectivity index (χ0v) is 18.8. The number of hydrogen-bond acceptors (Lipinski definition) is 3. The molecule has 32 heavy (non-hydrogen) atoms. The molecular weight excluding hydrogens is 396 g/mol. The largest absolute Gasteiger partial charge is 0.393 e. The molecule has 1 heterocycles. The molecule has 0 spiro atoms. The molecule has 1 aliphatic heterocycles. The average molecular weight is 431 g/mol. The SMILES string of the molecule is O=C(CC1(c2ccccc2)C2CC3CC1CC(C2)C3O)N1CCN(c2ccccc2)CC1. The number of para-hydroxylation sites is 1. The molecule has 5 fully saturated rings. The van der Waals surface area contributed by atoms with E-state index in [0.717, 1.165) is 51.9 Å². The summed E-state index contributed by atoms with van der Waals surface area (Å²) >= 11 is 0. The molecule has 4 aliphatic carbocycles. The molecule has 2 aromatic carbocycles. The molecule has 0 aromatic heterocycles. The van der Waals surface area contributed by atoms with Gasteiger partial charge < -0.3 is 14.9 Å². The number of hydrogen-bond donors (Lipinski definition) is 1. The van der Waals surface area contributed by atoms with Crippen LogP contribution in [0.5, 0.6) is 0 Å². The lowest BCUT2D eigenvalue weighted by Gasteiger charge is -2.63. The van der Waals surface area contributed by atoms with E-state index in [1.807, 2.05) is 0 Å². The number of rotatable bonds is 4. The van der Waals surface area contributed by atoms with Crippen molar-refractivity contribution in [1.82, 2.24) is 4.90 Å². The van der Waals surface area contributed by atoms with E-state index in [0.29, 0.717) is 36.0 Å². The topological polar surface area (TPSA) is 43.8 Å². The highest BCUT2D eigenvalue weighted by Crippen LogP contribution is 2.64. The van der Waals surface area contributed by atoms with Crippen molar-refractivity contribution in [3.05, 3.63) is 66.2 Å². The van der Waals surface area contributed by atoms with Crippen LogP contribution in [0, 0.1) is 23.7 Å². The number of anilines is 1. The van der Waals surface area contributed by atoms with Crippen LogP contribution < -0.4 is 4.90 Å². The van der Waals surface area contributed by atoms with Crippen LogP contribution in [0.15, 0.2) is 60.7 Å². The lowest BCUT2D eigenvalue weighted by molar-refractivity contribution is -0.153. The lowest BCUT2D eigenvalue weighted by Crippen LogP contribution is -2.61. The van der Waals surface area contributed by atoms with E-state index in [4.69, 9.17) is 0 Å². The van der Waals surface area contributed by atoms with E-state index in [1.165, 1.54) is 11.3 Å². The van der Waals surface area contributed by atoms with Crippen LogP contribution in [-0.4, -0.2) is 48.2 Å². The van der Waals surface area contributed by atoms with Crippen LogP contribution in [0.2, 0.25) is 0 Å². The summed E-state index contributed by atoms with van der Waals surface area (Å²) in [5, 5.41) is 10.7. The molecule has 4 heteroatoms. The summed E-state index contributed by atoms with van der Waals surface area (Å²) in [4.78, 5) is 18.2. The number of carbonyl (C=O) groups is 1. The maximum Gasteiger partial charge on any atom is 0.223 e. The first-order valence-electron chi connectivity index (χ1n) is 12.5. The molecule has 168 valence electrons. The molecule has 1 amide bonds. The molecule has 1 N–H and O–H groups in total. The fourth-order valence-electron chi connectivity index (χ4n) is 7.79. The predicted molar refractivity (Wildman–Crippen MR) is 126 cm³/mol. The lowest BCUT2D eigenvalue weighted by atomic mass is 9.42. The minimum absolute atomic E-state index is 0.0535. The van der Waals surface area contributed by atoms with Crippen LogP contribution in [0.1, 0.15) is 37.7 Å². The first kappa shape index (κ1) is 20.3. The Morgan fingerprint density at radius 3 is 1.91 bits per heavy atom. The van der Waals surface area contributed by atoms with Crippen molar-refractivity contribution in [2.75, 3.05) is 31.1 Å². The summed E-state index contributed by atoms with van der Waals surface area (Å²) in [6, 6.07) is 21.4. The summed E-state index contributed by atoms with van der Waals surface area (Å²) in [7, 11) is 0. The Morgan fingerprint density at radius 1 is 0.812 bits per heavy atom. The number of nitrogens with zero attached hydrogens (tertiary/aromatic N) is 2. The molecule has 2 aromatic rings. The molecule has 0 radical (unpaired) electrons. The van der Waals surface area contributed by atoms with Gasteiger partial charge in [-0.3, -0.25) is 4.79 Å². The van der Waals surface area contributed by atoms with Gasteiger partial charge in [-0.2, -0.15) is 0 Å². The van der Waals surface area contributed by atoms with Gasteiger partial charge in [-0.15, -0.1) is 0 Å². The van der Waals surface area contributed by atoms with Crippen LogP contribution >= 0.6 is 0 Å². The smallest absolute Gasteiger partial charge is 0.223 e. The third-order valence-electron chi connectivity index (χ3n) is 9.28. The number of aliphatic hydroxyl groups is 1. The minimum Gasteiger partial charge on any atom is -0.393 e. The van der Waals surface area contributed by atoms with Gasteiger partial charge in [0.1, 0.15) is 0 Å². The van der Waals surface area contributed by atoms with Crippen molar-refractivity contribution in [3.8, 4) is 0 Å². The Hall–Kier alpha value is -2.33. The maximum atomic E-state index is 13.7. The second kappa shape index (κ2) is 7.91. The van der Waals surface area contributed by atoms with Gasteiger partial charge in [0.15, 0.2) is 0 Å². The van der Waals surface area contributed by atoms with Crippen LogP contribution in [0.4, 0.5) is 5.69 Å². The van der Waals surface area contributed by atoms with E-state index in [-0.39, 0.29) is 11.5 Å². The molecule has 4 saturated carbocycles. The van der Waals surface area contributed by atoms with E-state index in [9.17, 15) is 9.90 Å². The molecular formula is C28H34N2O2. The highest BCUT2D eigenvalue weighted by Gasteiger charge is 2.61. The fraction of sp³-hybridized carbons (Fsp3) is 0.536. The number of benzene rings is 2. The highest BCUT2D eigenvalue weighted by molar-refractivity contribution is 5.78. The van der Waals surface area contributed by atoms with E-state index in [1.54, 1.807) is 0 Å². The molecule has 4 bridgehead atoms. The molecule has 0 atom stereocenters. The van der Waals surface area contributed by atoms with Gasteiger partial charge in [0, 0.05) is 43.7 Å². The maximum absolute atomic E-state index is 13.7. The highest BCUT2D eigenvalue weighted by atomic mass is 16.3. The van der Waals surface area contributed by atoms with Crippen molar-refractivity contribution in [1.29, 1.82) is 0 Å². The predicted octanol–water partition coefficient (Wildman–Crippen LogP) is 4.09. The normalized spacial score (nSPS) is 35.8. The Morgan fingerprint density at radius 2 is 1.34 bits per heavy atom. The molecule has 5 aliphatic rings. The van der Waals surface area contributed by atoms with Crippen molar-refractivity contribution in [2.45, 2.75) is 43.6 Å². The molecule has 4 nitrogen and oxygen atoms in total. The second-order valence-corrected chi connectivity index (χ2v) is 10.6. The second-order valence-electron chi connectivity index (χ2n) is 10.6. The fourth-order valence-corrected chi connectivity index (χ4v) is 7.79. The van der Waals surface area contributed by atoms with E-state index < -0.39 is 0 Å². The van der Waals surface area contributed by atoms with Gasteiger partial charge in [-0.05, 0) is 67.1 Å². The summed E-state index contributed by atoms with van der Waals surface area (Å²) < 4.78 is 0. The van der Waals surface area contributed by atoms with Crippen molar-refractivity contribution in [2.24, 2.45) is 23.7 Å². The Kier molecular flexibility index (Phi) is 5.02. The quantitative estimate of drug-likeness (QED) is 0.795. The average Bonchev–Trinajstić information content (AvgIpc) is 2.84. The van der Waals surface area contributed by atoms with Gasteiger partial charge in [0.25, 0.3) is 0 Å². The molecule has 1 saturated heterocycles. The van der Waals surface area contributed by atoms with Gasteiger partial charge in [-0.25, -0.2) is 0 Å². The number of carbonyl (C=O) groups excluding carboxylic acids is 1. The zero-order chi connectivity index (χ0) is 21.7. The summed E-state index contributed by atoms with van der Waals surface area (Å²) in [5.41, 5.74) is 2.56. The van der Waals surface area contributed by atoms with Gasteiger partial charge in [-0.1, -0.05) is 48.5 Å². The summed E-state index contributed by atoms with van der Waals surface area (Å²) in [5.74, 6) is 2.25. The van der Waals surface area contributed by atoms with Crippen LogP contribution in [-0.2, 0) is 10.2 Å². The first-order valence-corrected chi connectivity index (χ1v) is 12.5. The van der Waals surface area contributed by atoms with E-state index in [2.05, 4.69) is 70.5 Å². The van der Waals surface area contributed by atoms with Gasteiger partial charge in [0.05, 0.1) is 6.10 Å². The number of aliphatic hydroxyl groups excluding tert-OH is 1. The van der Waals surface area contributed by atoms with Crippen molar-refractivity contribution in [3.63, 3.8) is 0 Å². The van der Waals surface area contributed by atoms with Gasteiger partial charge >= 0.3 is 0 Å². The Bertz CT molecular complexity index is 922. The van der Waals surface area contributed by atoms with Crippen molar-refractivity contribution >= 4 is 11.6 Å². The monoisotopic (exact) mass is 430 g/mol. The Balaban J connectivity index is 1.23. The first-order chi connectivity index (χ1) is 15.6. The van der Waals surface area contributed by atoms with E-state index >= 15 is 0 Å². The summed E-state index contributed by atoms with van der Waals surface area (Å²) in [6.07, 6.45) is 4.85. The summed E-state index contributed by atoms with van der Waals surface area (Å²) in [6.45, 7) is 3.41. The van der Waals surface area contributed by atoms with Crippen LogP contribution in [0.25, 0.3) is 0 Å². The molecule has 0 unspecified atom stereocenters. The Labute approximate surface area is 191 Å². The van der Waals surface area contributed by atoms with Gasteiger partial charge in [0.2, 0.25) is 5.91 Å². The number of amides is 1.